The number of phenols is 1. The van der Waals surface area contributed by atoms with Crippen LogP contribution in [-0.4, -0.2) is 34.1 Å². The van der Waals surface area contributed by atoms with Crippen LogP contribution < -0.4 is 10.9 Å². The van der Waals surface area contributed by atoms with Gasteiger partial charge in [-0.05, 0) is 42.5 Å². The second kappa shape index (κ2) is 7.08. The van der Waals surface area contributed by atoms with E-state index in [1.165, 1.54) is 42.7 Å². The number of amides is 1. The summed E-state index contributed by atoms with van der Waals surface area (Å²) < 4.78 is 4.76. The number of ether oxygens (including phenoxy) is 1. The first-order chi connectivity index (χ1) is 13.5. The summed E-state index contributed by atoms with van der Waals surface area (Å²) in [4.78, 5) is 45.9. The van der Waals surface area contributed by atoms with E-state index in [1.807, 2.05) is 0 Å². The van der Waals surface area contributed by atoms with Crippen molar-refractivity contribution in [3.05, 3.63) is 56.4 Å². The highest BCUT2D eigenvalue weighted by molar-refractivity contribution is 7.18. The Kier molecular flexibility index (Phi) is 4.60. The molecule has 4 rings (SSSR count). The van der Waals surface area contributed by atoms with Crippen molar-refractivity contribution in [1.82, 2.24) is 15.3 Å². The van der Waals surface area contributed by atoms with E-state index in [4.69, 9.17) is 4.74 Å². The molecule has 0 spiro atoms. The standard InChI is InChI=1S/C19H17N3O5S/c1-27-19(26)14(9-5-7-10(23)8-6-9)20-17(25)15-21-16(24)13-11-3-2-4-12(11)28-18(13)22-15/h5-8,14,23H,2-4H2,1H3,(H,20,25)(H,21,22,24)/t14-/m1/s1. The number of phenolic OH excluding ortho intramolecular Hbond substituents is 1. The van der Waals surface area contributed by atoms with Crippen molar-refractivity contribution in [3.63, 3.8) is 0 Å². The Morgan fingerprint density at radius 2 is 2.04 bits per heavy atom. The lowest BCUT2D eigenvalue weighted by Gasteiger charge is -2.16. The minimum atomic E-state index is -1.10. The van der Waals surface area contributed by atoms with Gasteiger partial charge < -0.3 is 20.1 Å². The number of aromatic amines is 1. The van der Waals surface area contributed by atoms with E-state index >= 15 is 0 Å². The lowest BCUT2D eigenvalue weighted by molar-refractivity contribution is -0.143. The average molecular weight is 399 g/mol. The minimum Gasteiger partial charge on any atom is -0.508 e. The number of benzene rings is 1. The van der Waals surface area contributed by atoms with Gasteiger partial charge in [-0.3, -0.25) is 9.59 Å². The van der Waals surface area contributed by atoms with Crippen LogP contribution in [0.25, 0.3) is 10.2 Å². The van der Waals surface area contributed by atoms with E-state index < -0.39 is 17.9 Å². The maximum absolute atomic E-state index is 12.7. The highest BCUT2D eigenvalue weighted by Gasteiger charge is 2.27. The Morgan fingerprint density at radius 3 is 2.75 bits per heavy atom. The molecule has 1 amide bonds. The van der Waals surface area contributed by atoms with Crippen LogP contribution in [0.2, 0.25) is 0 Å². The lowest BCUT2D eigenvalue weighted by Crippen LogP contribution is -2.36. The number of aryl methyl sites for hydroxylation is 2. The normalized spacial score (nSPS) is 13.9. The predicted molar refractivity (Wildman–Crippen MR) is 103 cm³/mol. The van der Waals surface area contributed by atoms with Gasteiger partial charge in [0.25, 0.3) is 11.5 Å². The van der Waals surface area contributed by atoms with Crippen molar-refractivity contribution in [2.24, 2.45) is 0 Å². The first-order valence-corrected chi connectivity index (χ1v) is 9.51. The zero-order valence-corrected chi connectivity index (χ0v) is 15.8. The fourth-order valence-corrected chi connectivity index (χ4v) is 4.63. The number of carbonyl (C=O) groups excluding carboxylic acids is 2. The van der Waals surface area contributed by atoms with Crippen LogP contribution in [0.15, 0.2) is 29.1 Å². The number of H-pyrrole nitrogens is 1. The Balaban J connectivity index is 1.67. The smallest absolute Gasteiger partial charge is 0.333 e. The molecule has 0 bridgehead atoms. The summed E-state index contributed by atoms with van der Waals surface area (Å²) in [5.41, 5.74) is 1.10. The minimum absolute atomic E-state index is 0.0286. The third kappa shape index (κ3) is 3.13. The van der Waals surface area contributed by atoms with E-state index in [0.717, 1.165) is 29.7 Å². The van der Waals surface area contributed by atoms with Gasteiger partial charge in [0.05, 0.1) is 12.5 Å². The van der Waals surface area contributed by atoms with Crippen molar-refractivity contribution in [3.8, 4) is 5.75 Å². The van der Waals surface area contributed by atoms with Gasteiger partial charge in [0.1, 0.15) is 10.6 Å². The fourth-order valence-electron chi connectivity index (χ4n) is 3.37. The van der Waals surface area contributed by atoms with Gasteiger partial charge >= 0.3 is 5.97 Å². The summed E-state index contributed by atoms with van der Waals surface area (Å²) in [5, 5.41) is 12.5. The molecule has 3 N–H and O–H groups in total. The Bertz CT molecular complexity index is 1130. The number of hydrogen-bond donors (Lipinski definition) is 3. The number of nitrogens with one attached hydrogen (secondary N) is 2. The molecule has 0 unspecified atom stereocenters. The van der Waals surface area contributed by atoms with E-state index in [9.17, 15) is 19.5 Å². The molecule has 0 aliphatic heterocycles. The molecule has 0 fully saturated rings. The van der Waals surface area contributed by atoms with Crippen LogP contribution in [0.3, 0.4) is 0 Å². The molecule has 3 aromatic rings. The topological polar surface area (TPSA) is 121 Å². The summed E-state index contributed by atoms with van der Waals surface area (Å²) in [5.74, 6) is -1.51. The van der Waals surface area contributed by atoms with Gasteiger partial charge in [-0.15, -0.1) is 11.3 Å². The van der Waals surface area contributed by atoms with Crippen LogP contribution in [0.4, 0.5) is 0 Å². The van der Waals surface area contributed by atoms with Gasteiger partial charge in [0, 0.05) is 4.88 Å². The van der Waals surface area contributed by atoms with Crippen LogP contribution in [0, 0.1) is 0 Å². The summed E-state index contributed by atoms with van der Waals surface area (Å²) in [7, 11) is 1.21. The zero-order chi connectivity index (χ0) is 19.8. The van der Waals surface area contributed by atoms with Gasteiger partial charge in [-0.25, -0.2) is 9.78 Å². The Hall–Kier alpha value is -3.20. The van der Waals surface area contributed by atoms with Crippen molar-refractivity contribution in [2.45, 2.75) is 25.3 Å². The summed E-state index contributed by atoms with van der Waals surface area (Å²) >= 11 is 1.43. The second-order valence-corrected chi connectivity index (χ2v) is 7.56. The highest BCUT2D eigenvalue weighted by Crippen LogP contribution is 2.34. The lowest BCUT2D eigenvalue weighted by atomic mass is 10.1. The molecule has 2 aromatic heterocycles. The van der Waals surface area contributed by atoms with E-state index in [2.05, 4.69) is 15.3 Å². The zero-order valence-electron chi connectivity index (χ0n) is 14.9. The quantitative estimate of drug-likeness (QED) is 0.576. The molecule has 0 saturated heterocycles. The van der Waals surface area contributed by atoms with Crippen molar-refractivity contribution < 1.29 is 19.4 Å². The molecule has 144 valence electrons. The summed E-state index contributed by atoms with van der Waals surface area (Å²) in [6.45, 7) is 0. The molecular weight excluding hydrogens is 382 g/mol. The van der Waals surface area contributed by atoms with E-state index in [-0.39, 0.29) is 17.1 Å². The number of fused-ring (bicyclic) bond motifs is 3. The fraction of sp³-hybridized carbons (Fsp3) is 0.263. The number of aromatic nitrogens is 2. The number of nitrogens with zero attached hydrogens (tertiary/aromatic N) is 1. The maximum atomic E-state index is 12.7. The van der Waals surface area contributed by atoms with Gasteiger partial charge in [0.2, 0.25) is 5.82 Å². The first kappa shape index (κ1) is 18.2. The molecule has 28 heavy (non-hydrogen) atoms. The van der Waals surface area contributed by atoms with Crippen LogP contribution in [0.5, 0.6) is 5.75 Å². The highest BCUT2D eigenvalue weighted by atomic mass is 32.1. The monoisotopic (exact) mass is 399 g/mol. The largest absolute Gasteiger partial charge is 0.508 e. The number of aromatic hydroxyl groups is 1. The van der Waals surface area contributed by atoms with Crippen molar-refractivity contribution >= 4 is 33.4 Å². The third-order valence-electron chi connectivity index (χ3n) is 4.73. The Labute approximate surface area is 163 Å². The number of carbonyl (C=O) groups is 2. The molecule has 1 aliphatic rings. The SMILES string of the molecule is COC(=O)[C@H](NC(=O)c1nc2sc3c(c2c(=O)[nH]1)CCC3)c1ccc(O)cc1. The van der Waals surface area contributed by atoms with Crippen molar-refractivity contribution in [1.29, 1.82) is 0 Å². The van der Waals surface area contributed by atoms with E-state index in [1.54, 1.807) is 0 Å². The molecule has 0 saturated carbocycles. The van der Waals surface area contributed by atoms with Crippen molar-refractivity contribution in [2.75, 3.05) is 7.11 Å². The van der Waals surface area contributed by atoms with Crippen LogP contribution >= 0.6 is 11.3 Å². The van der Waals surface area contributed by atoms with Gasteiger partial charge in [0.15, 0.2) is 6.04 Å². The summed E-state index contributed by atoms with van der Waals surface area (Å²) in [6.07, 6.45) is 2.78. The molecular formula is C19H17N3O5S. The van der Waals surface area contributed by atoms with Gasteiger partial charge in [-0.2, -0.15) is 0 Å². The predicted octanol–water partition coefficient (Wildman–Crippen LogP) is 1.82. The van der Waals surface area contributed by atoms with Crippen LogP contribution in [0.1, 0.15) is 39.1 Å². The van der Waals surface area contributed by atoms with E-state index in [0.29, 0.717) is 15.8 Å². The Morgan fingerprint density at radius 1 is 1.29 bits per heavy atom. The number of thiophene rings is 1. The average Bonchev–Trinajstić information content (AvgIpc) is 3.26. The molecule has 1 atom stereocenters. The second-order valence-electron chi connectivity index (χ2n) is 6.47. The molecule has 9 heteroatoms. The molecule has 8 nitrogen and oxygen atoms in total. The molecule has 0 radical (unpaired) electrons. The third-order valence-corrected chi connectivity index (χ3v) is 5.91. The number of rotatable bonds is 4. The van der Waals surface area contributed by atoms with Crippen LogP contribution in [-0.2, 0) is 22.4 Å². The van der Waals surface area contributed by atoms with Gasteiger partial charge in [-0.1, -0.05) is 12.1 Å². The summed E-state index contributed by atoms with van der Waals surface area (Å²) in [6, 6.07) is 4.70. The molecule has 1 aromatic carbocycles. The number of esters is 1. The first-order valence-electron chi connectivity index (χ1n) is 8.70. The number of methoxy groups -OCH3 is 1. The maximum Gasteiger partial charge on any atom is 0.333 e. The molecule has 1 aliphatic carbocycles. The molecule has 2 heterocycles. The number of hydrogen-bond acceptors (Lipinski definition) is 7.